The van der Waals surface area contributed by atoms with Crippen LogP contribution in [0.2, 0.25) is 0 Å². The van der Waals surface area contributed by atoms with Crippen LogP contribution in [-0.2, 0) is 11.8 Å². The van der Waals surface area contributed by atoms with Crippen molar-refractivity contribution >= 4 is 15.9 Å². The Balaban J connectivity index is 3.28. The lowest BCUT2D eigenvalue weighted by atomic mass is 10.1. The number of hydrogen-bond donors (Lipinski definition) is 0. The molecule has 15 heavy (non-hydrogen) atoms. The topological polar surface area (TPSA) is 36.7 Å². The highest BCUT2D eigenvalue weighted by Gasteiger charge is 2.19. The molecule has 0 bridgehead atoms. The molecule has 0 aliphatic heterocycles. The fourth-order valence-corrected chi connectivity index (χ4v) is 1.38. The Hall–Kier alpha value is -1.09. The van der Waals surface area contributed by atoms with Crippen molar-refractivity contribution in [2.24, 2.45) is 0 Å². The fourth-order valence-electron chi connectivity index (χ4n) is 1.09. The maximum absolute atomic E-state index is 13.3. The summed E-state index contributed by atoms with van der Waals surface area (Å²) in [6, 6.07) is 3.02. The average molecular weight is 279 g/mol. The largest absolute Gasteiger partial charge is 0.283 e. The van der Waals surface area contributed by atoms with E-state index in [1.807, 2.05) is 0 Å². The first-order chi connectivity index (χ1) is 7.10. The number of nitriles is 1. The van der Waals surface area contributed by atoms with Crippen molar-refractivity contribution in [3.05, 3.63) is 28.8 Å². The Morgan fingerprint density at radius 1 is 1.53 bits per heavy atom. The molecule has 2 nitrogen and oxygen atoms in total. The van der Waals surface area contributed by atoms with Crippen LogP contribution in [0.5, 0.6) is 0 Å². The van der Waals surface area contributed by atoms with E-state index in [9.17, 15) is 13.2 Å². The van der Waals surface area contributed by atoms with Crippen molar-refractivity contribution in [1.82, 2.24) is 4.98 Å². The smallest absolute Gasteiger partial charge is 0.248 e. The van der Waals surface area contributed by atoms with E-state index in [1.54, 1.807) is 6.07 Å². The number of pyridine rings is 1. The first-order valence-corrected chi connectivity index (χ1v) is 5.11. The van der Waals surface area contributed by atoms with Crippen molar-refractivity contribution in [3.63, 3.8) is 0 Å². The molecule has 0 amide bonds. The van der Waals surface area contributed by atoms with Gasteiger partial charge in [0.15, 0.2) is 5.82 Å². The first kappa shape index (κ1) is 12.0. The second-order valence-corrected chi connectivity index (χ2v) is 3.30. The molecule has 1 heterocycles. The van der Waals surface area contributed by atoms with Gasteiger partial charge in [-0.2, -0.15) is 5.26 Å². The van der Waals surface area contributed by atoms with Gasteiger partial charge < -0.3 is 0 Å². The highest BCUT2D eigenvalue weighted by atomic mass is 79.9. The zero-order chi connectivity index (χ0) is 11.4. The zero-order valence-electron chi connectivity index (χ0n) is 7.48. The predicted octanol–water partition coefficient (Wildman–Crippen LogP) is 3.12. The highest BCUT2D eigenvalue weighted by molar-refractivity contribution is 9.08. The van der Waals surface area contributed by atoms with Gasteiger partial charge in [0, 0.05) is 10.9 Å². The van der Waals surface area contributed by atoms with Gasteiger partial charge in [0.25, 0.3) is 6.43 Å². The first-order valence-electron chi connectivity index (χ1n) is 3.99. The van der Waals surface area contributed by atoms with Crippen LogP contribution in [0.25, 0.3) is 0 Å². The summed E-state index contributed by atoms with van der Waals surface area (Å²) >= 11 is 3.04. The quantitative estimate of drug-likeness (QED) is 0.797. The second kappa shape index (κ2) is 5.12. The summed E-state index contributed by atoms with van der Waals surface area (Å²) in [5.41, 5.74) is -0.647. The van der Waals surface area contributed by atoms with E-state index >= 15 is 0 Å². The van der Waals surface area contributed by atoms with Crippen LogP contribution in [-0.4, -0.2) is 4.98 Å². The van der Waals surface area contributed by atoms with Crippen LogP contribution in [0, 0.1) is 17.1 Å². The van der Waals surface area contributed by atoms with Gasteiger partial charge in [-0.3, -0.25) is 0 Å². The average Bonchev–Trinajstić information content (AvgIpc) is 2.21. The molecule has 1 rings (SSSR count). The molecule has 1 aromatic rings. The standard InChI is InChI=1S/C9H6BrF3N2/c10-4-6-3-5(1-2-14)7(11)8(15-6)9(12)13/h3,9H,1,4H2. The Labute approximate surface area is 92.9 Å². The molecule has 6 heteroatoms. The zero-order valence-corrected chi connectivity index (χ0v) is 9.06. The van der Waals surface area contributed by atoms with Crippen LogP contribution in [0.15, 0.2) is 6.07 Å². The molecule has 0 fully saturated rings. The van der Waals surface area contributed by atoms with Crippen molar-refractivity contribution < 1.29 is 13.2 Å². The third kappa shape index (κ3) is 2.69. The molecule has 0 spiro atoms. The van der Waals surface area contributed by atoms with E-state index in [0.29, 0.717) is 0 Å². The van der Waals surface area contributed by atoms with E-state index < -0.39 is 17.9 Å². The normalized spacial score (nSPS) is 10.4. The second-order valence-electron chi connectivity index (χ2n) is 2.74. The van der Waals surface area contributed by atoms with E-state index in [4.69, 9.17) is 5.26 Å². The summed E-state index contributed by atoms with van der Waals surface area (Å²) in [5, 5.41) is 8.64. The summed E-state index contributed by atoms with van der Waals surface area (Å²) in [6.45, 7) is 0. The fraction of sp³-hybridized carbons (Fsp3) is 0.333. The molecule has 0 aromatic carbocycles. The van der Waals surface area contributed by atoms with E-state index in [1.165, 1.54) is 6.07 Å². The molecule has 0 aliphatic rings. The van der Waals surface area contributed by atoms with Gasteiger partial charge in [-0.25, -0.2) is 18.2 Å². The summed E-state index contributed by atoms with van der Waals surface area (Å²) in [4.78, 5) is 3.45. The number of alkyl halides is 3. The highest BCUT2D eigenvalue weighted by Crippen LogP contribution is 2.24. The monoisotopic (exact) mass is 278 g/mol. The molecule has 0 unspecified atom stereocenters. The molecule has 0 radical (unpaired) electrons. The van der Waals surface area contributed by atoms with Gasteiger partial charge in [0.2, 0.25) is 0 Å². The maximum Gasteiger partial charge on any atom is 0.283 e. The summed E-state index contributed by atoms with van der Waals surface area (Å²) in [5.74, 6) is -1.09. The van der Waals surface area contributed by atoms with Crippen molar-refractivity contribution in [3.8, 4) is 6.07 Å². The number of hydrogen-bond acceptors (Lipinski definition) is 2. The van der Waals surface area contributed by atoms with Crippen LogP contribution in [0.4, 0.5) is 13.2 Å². The molecular formula is C9H6BrF3N2. The Kier molecular flexibility index (Phi) is 4.09. The predicted molar refractivity (Wildman–Crippen MR) is 51.1 cm³/mol. The molecule has 80 valence electrons. The third-order valence-corrected chi connectivity index (χ3v) is 2.30. The molecule has 0 N–H and O–H groups in total. The number of aromatic nitrogens is 1. The van der Waals surface area contributed by atoms with Gasteiger partial charge in [-0.05, 0) is 6.07 Å². The van der Waals surface area contributed by atoms with Crippen LogP contribution < -0.4 is 0 Å². The summed E-state index contributed by atoms with van der Waals surface area (Å²) in [7, 11) is 0. The summed E-state index contributed by atoms with van der Waals surface area (Å²) < 4.78 is 38.0. The van der Waals surface area contributed by atoms with Gasteiger partial charge >= 0.3 is 0 Å². The molecule has 0 saturated carbocycles. The molecule has 0 atom stereocenters. The number of rotatable bonds is 3. The lowest BCUT2D eigenvalue weighted by Crippen LogP contribution is -2.03. The van der Waals surface area contributed by atoms with Crippen molar-refractivity contribution in [2.45, 2.75) is 18.2 Å². The number of halogens is 4. The minimum atomic E-state index is -2.97. The van der Waals surface area contributed by atoms with E-state index in [0.717, 1.165) is 0 Å². The molecule has 0 aliphatic carbocycles. The van der Waals surface area contributed by atoms with Gasteiger partial charge in [0.05, 0.1) is 18.2 Å². The lowest BCUT2D eigenvalue weighted by molar-refractivity contribution is 0.140. The Morgan fingerprint density at radius 2 is 2.20 bits per heavy atom. The maximum atomic E-state index is 13.3. The van der Waals surface area contributed by atoms with Crippen LogP contribution >= 0.6 is 15.9 Å². The van der Waals surface area contributed by atoms with Crippen LogP contribution in [0.1, 0.15) is 23.4 Å². The molecular weight excluding hydrogens is 273 g/mol. The minimum Gasteiger partial charge on any atom is -0.248 e. The van der Waals surface area contributed by atoms with Gasteiger partial charge in [0.1, 0.15) is 5.69 Å². The van der Waals surface area contributed by atoms with Gasteiger partial charge in [-0.1, -0.05) is 15.9 Å². The van der Waals surface area contributed by atoms with Crippen LogP contribution in [0.3, 0.4) is 0 Å². The Morgan fingerprint density at radius 3 is 2.67 bits per heavy atom. The van der Waals surface area contributed by atoms with E-state index in [-0.39, 0.29) is 23.0 Å². The number of nitrogens with zero attached hydrogens (tertiary/aromatic N) is 2. The Bertz CT molecular complexity index is 401. The minimum absolute atomic E-state index is 0.0442. The molecule has 1 aromatic heterocycles. The SMILES string of the molecule is N#CCc1cc(CBr)nc(C(F)F)c1F. The molecule has 0 saturated heterocycles. The van der Waals surface area contributed by atoms with Gasteiger partial charge in [-0.15, -0.1) is 0 Å². The lowest BCUT2D eigenvalue weighted by Gasteiger charge is -2.07. The van der Waals surface area contributed by atoms with E-state index in [2.05, 4.69) is 20.9 Å². The third-order valence-electron chi connectivity index (χ3n) is 1.72. The van der Waals surface area contributed by atoms with Crippen molar-refractivity contribution in [2.75, 3.05) is 0 Å². The summed E-state index contributed by atoms with van der Waals surface area (Å²) in [6.07, 6.45) is -3.21. The van der Waals surface area contributed by atoms with Crippen molar-refractivity contribution in [1.29, 1.82) is 5.26 Å².